The monoisotopic (exact) mass is 374 g/mol. The van der Waals surface area contributed by atoms with Crippen molar-refractivity contribution in [1.29, 1.82) is 0 Å². The van der Waals surface area contributed by atoms with Crippen molar-refractivity contribution in [2.24, 2.45) is 0 Å². The zero-order valence-corrected chi connectivity index (χ0v) is 15.8. The van der Waals surface area contributed by atoms with Gasteiger partial charge < -0.3 is 10.1 Å². The van der Waals surface area contributed by atoms with Crippen LogP contribution in [0.2, 0.25) is 0 Å². The van der Waals surface area contributed by atoms with E-state index in [1.165, 1.54) is 16.4 Å². The normalized spacial score (nSPS) is 17.2. The number of nitrogens with zero attached hydrogens (tertiary/aromatic N) is 1. The number of anilines is 1. The predicted molar refractivity (Wildman–Crippen MR) is 99.7 cm³/mol. The summed E-state index contributed by atoms with van der Waals surface area (Å²) in [5, 5.41) is 2.85. The summed E-state index contributed by atoms with van der Waals surface area (Å²) >= 11 is 0. The van der Waals surface area contributed by atoms with E-state index in [2.05, 4.69) is 5.32 Å². The van der Waals surface area contributed by atoms with Crippen molar-refractivity contribution in [1.82, 2.24) is 5.32 Å². The fraction of sp³-hybridized carbons (Fsp3) is 0.316. The Labute approximate surface area is 153 Å². The highest BCUT2D eigenvalue weighted by atomic mass is 32.2. The summed E-state index contributed by atoms with van der Waals surface area (Å²) in [5.74, 6) is 0.0209. The first-order chi connectivity index (χ1) is 12.2. The number of hydrogen-bond acceptors (Lipinski definition) is 4. The quantitative estimate of drug-likeness (QED) is 0.896. The molecule has 1 aliphatic rings. The summed E-state index contributed by atoms with van der Waals surface area (Å²) in [6.07, 6.45) is -0.928. The molecule has 1 amide bonds. The van der Waals surface area contributed by atoms with Gasteiger partial charge in [0, 0.05) is 5.54 Å². The molecule has 1 aliphatic heterocycles. The summed E-state index contributed by atoms with van der Waals surface area (Å²) in [6, 6.07) is 15.0. The minimum Gasteiger partial charge on any atom is -0.476 e. The molecule has 0 radical (unpaired) electrons. The third-order valence-electron chi connectivity index (χ3n) is 3.86. The molecular weight excluding hydrogens is 352 g/mol. The first kappa shape index (κ1) is 18.3. The van der Waals surface area contributed by atoms with Gasteiger partial charge in [0.1, 0.15) is 5.75 Å². The largest absolute Gasteiger partial charge is 0.476 e. The number of rotatable bonds is 3. The van der Waals surface area contributed by atoms with Crippen LogP contribution in [0.5, 0.6) is 5.75 Å². The third kappa shape index (κ3) is 3.67. The van der Waals surface area contributed by atoms with E-state index >= 15 is 0 Å². The molecule has 3 rings (SSSR count). The Hall–Kier alpha value is -2.54. The van der Waals surface area contributed by atoms with E-state index < -0.39 is 21.7 Å². The van der Waals surface area contributed by atoms with Gasteiger partial charge in [-0.15, -0.1) is 0 Å². The molecule has 0 saturated heterocycles. The first-order valence-corrected chi connectivity index (χ1v) is 9.78. The highest BCUT2D eigenvalue weighted by Gasteiger charge is 2.38. The molecule has 6 nitrogen and oxygen atoms in total. The van der Waals surface area contributed by atoms with Crippen LogP contribution in [0.3, 0.4) is 0 Å². The molecule has 2 aromatic rings. The number of para-hydroxylation sites is 2. The fourth-order valence-corrected chi connectivity index (χ4v) is 4.23. The maximum atomic E-state index is 13.1. The van der Waals surface area contributed by atoms with Crippen molar-refractivity contribution in [2.75, 3.05) is 10.8 Å². The Balaban J connectivity index is 2.00. The Bertz CT molecular complexity index is 905. The highest BCUT2D eigenvalue weighted by Crippen LogP contribution is 2.36. The molecule has 0 aromatic heterocycles. The lowest BCUT2D eigenvalue weighted by molar-refractivity contribution is -0.129. The maximum absolute atomic E-state index is 13.1. The number of nitrogens with one attached hydrogen (secondary N) is 1. The van der Waals surface area contributed by atoms with Gasteiger partial charge in [-0.05, 0) is 45.0 Å². The number of amides is 1. The zero-order valence-electron chi connectivity index (χ0n) is 15.0. The first-order valence-electron chi connectivity index (χ1n) is 8.34. The topological polar surface area (TPSA) is 75.7 Å². The molecule has 1 heterocycles. The number of sulfonamides is 1. The Morgan fingerprint density at radius 3 is 2.35 bits per heavy atom. The van der Waals surface area contributed by atoms with E-state index in [9.17, 15) is 13.2 Å². The highest BCUT2D eigenvalue weighted by molar-refractivity contribution is 7.92. The molecule has 138 valence electrons. The summed E-state index contributed by atoms with van der Waals surface area (Å²) in [4.78, 5) is 12.7. The molecule has 7 heteroatoms. The average molecular weight is 374 g/mol. The van der Waals surface area contributed by atoms with Gasteiger partial charge in [-0.3, -0.25) is 9.10 Å². The summed E-state index contributed by atoms with van der Waals surface area (Å²) in [6.45, 7) is 5.50. The lowest BCUT2D eigenvalue weighted by Gasteiger charge is -2.35. The van der Waals surface area contributed by atoms with E-state index in [1.807, 2.05) is 20.8 Å². The predicted octanol–water partition coefficient (Wildman–Crippen LogP) is 2.56. The summed E-state index contributed by atoms with van der Waals surface area (Å²) in [5.41, 5.74) is -0.0169. The van der Waals surface area contributed by atoms with Crippen molar-refractivity contribution in [2.45, 2.75) is 37.3 Å². The van der Waals surface area contributed by atoms with Crippen LogP contribution < -0.4 is 14.4 Å². The minimum atomic E-state index is -3.81. The molecular formula is C19H22N2O4S. The van der Waals surface area contributed by atoms with Crippen LogP contribution >= 0.6 is 0 Å². The standard InChI is InChI=1S/C19H22N2O4S/c1-19(2,3)20-18(22)17-13-21(15-11-7-8-12-16(15)25-17)26(23,24)14-9-5-4-6-10-14/h4-12,17H,13H2,1-3H3,(H,20,22). The third-order valence-corrected chi connectivity index (χ3v) is 5.65. The number of carbonyl (C=O) groups is 1. The number of fused-ring (bicyclic) bond motifs is 1. The van der Waals surface area contributed by atoms with E-state index in [0.29, 0.717) is 11.4 Å². The smallest absolute Gasteiger partial charge is 0.264 e. The minimum absolute atomic E-state index is 0.0871. The molecule has 0 saturated carbocycles. The second-order valence-electron chi connectivity index (χ2n) is 7.16. The van der Waals surface area contributed by atoms with E-state index in [1.54, 1.807) is 42.5 Å². The van der Waals surface area contributed by atoms with Crippen LogP contribution in [0.1, 0.15) is 20.8 Å². The maximum Gasteiger partial charge on any atom is 0.264 e. The zero-order chi connectivity index (χ0) is 18.9. The Kier molecular flexibility index (Phi) is 4.66. The Morgan fingerprint density at radius 2 is 1.69 bits per heavy atom. The van der Waals surface area contributed by atoms with Crippen LogP contribution in [-0.2, 0) is 14.8 Å². The van der Waals surface area contributed by atoms with Crippen LogP contribution in [0.25, 0.3) is 0 Å². The van der Waals surface area contributed by atoms with Crippen molar-refractivity contribution in [3.8, 4) is 5.75 Å². The van der Waals surface area contributed by atoms with Gasteiger partial charge in [0.15, 0.2) is 6.10 Å². The van der Waals surface area contributed by atoms with Crippen LogP contribution in [0, 0.1) is 0 Å². The number of hydrogen-bond donors (Lipinski definition) is 1. The molecule has 1 N–H and O–H groups in total. The van der Waals surface area contributed by atoms with Gasteiger partial charge in [-0.25, -0.2) is 8.42 Å². The molecule has 2 aromatic carbocycles. The average Bonchev–Trinajstić information content (AvgIpc) is 2.60. The van der Waals surface area contributed by atoms with Gasteiger partial charge in [-0.2, -0.15) is 0 Å². The van der Waals surface area contributed by atoms with E-state index in [4.69, 9.17) is 4.74 Å². The molecule has 0 fully saturated rings. The van der Waals surface area contributed by atoms with Crippen molar-refractivity contribution >= 4 is 21.6 Å². The van der Waals surface area contributed by atoms with Gasteiger partial charge in [0.25, 0.3) is 15.9 Å². The summed E-state index contributed by atoms with van der Waals surface area (Å²) < 4.78 is 33.3. The van der Waals surface area contributed by atoms with Crippen LogP contribution in [-0.4, -0.2) is 32.5 Å². The lowest BCUT2D eigenvalue weighted by Crippen LogP contribution is -2.54. The second kappa shape index (κ2) is 6.64. The molecule has 0 aliphatic carbocycles. The van der Waals surface area contributed by atoms with Crippen LogP contribution in [0.15, 0.2) is 59.5 Å². The summed E-state index contributed by atoms with van der Waals surface area (Å²) in [7, 11) is -3.81. The SMILES string of the molecule is CC(C)(C)NC(=O)C1CN(S(=O)(=O)c2ccccc2)c2ccccc2O1. The lowest BCUT2D eigenvalue weighted by atomic mass is 10.1. The van der Waals surface area contributed by atoms with Crippen molar-refractivity contribution in [3.05, 3.63) is 54.6 Å². The molecule has 0 spiro atoms. The van der Waals surface area contributed by atoms with Gasteiger partial charge in [-0.1, -0.05) is 30.3 Å². The Morgan fingerprint density at radius 1 is 1.08 bits per heavy atom. The van der Waals surface area contributed by atoms with E-state index in [0.717, 1.165) is 0 Å². The van der Waals surface area contributed by atoms with E-state index in [-0.39, 0.29) is 17.3 Å². The van der Waals surface area contributed by atoms with Crippen LogP contribution in [0.4, 0.5) is 5.69 Å². The fourth-order valence-electron chi connectivity index (χ4n) is 2.74. The molecule has 0 bridgehead atoms. The molecule has 1 atom stereocenters. The van der Waals surface area contributed by atoms with Gasteiger partial charge in [0.05, 0.1) is 17.1 Å². The van der Waals surface area contributed by atoms with Gasteiger partial charge in [0.2, 0.25) is 0 Å². The second-order valence-corrected chi connectivity index (χ2v) is 9.02. The number of ether oxygens (including phenoxy) is 1. The van der Waals surface area contributed by atoms with Crippen molar-refractivity contribution in [3.63, 3.8) is 0 Å². The molecule has 26 heavy (non-hydrogen) atoms. The molecule has 1 unspecified atom stereocenters. The number of benzene rings is 2. The number of carbonyl (C=O) groups excluding carboxylic acids is 1. The van der Waals surface area contributed by atoms with Gasteiger partial charge >= 0.3 is 0 Å². The van der Waals surface area contributed by atoms with Crippen molar-refractivity contribution < 1.29 is 17.9 Å².